The van der Waals surface area contributed by atoms with Gasteiger partial charge in [0, 0.05) is 48.4 Å². The molecular formula is C15H21ClN2O2. The molecular weight excluding hydrogens is 276 g/mol. The lowest BCUT2D eigenvalue weighted by molar-refractivity contribution is 0.246. The zero-order valence-corrected chi connectivity index (χ0v) is 12.5. The van der Waals surface area contributed by atoms with Crippen LogP contribution >= 0.6 is 11.6 Å². The van der Waals surface area contributed by atoms with Crippen molar-refractivity contribution in [2.24, 2.45) is 0 Å². The Morgan fingerprint density at radius 3 is 2.95 bits per heavy atom. The Kier molecular flexibility index (Phi) is 4.06. The van der Waals surface area contributed by atoms with Crippen LogP contribution in [0.5, 0.6) is 11.5 Å². The van der Waals surface area contributed by atoms with Gasteiger partial charge < -0.3 is 15.2 Å². The van der Waals surface area contributed by atoms with Crippen molar-refractivity contribution in [3.8, 4) is 11.5 Å². The average molecular weight is 297 g/mol. The number of ether oxygens (including phenoxy) is 1. The minimum absolute atomic E-state index is 0.208. The van der Waals surface area contributed by atoms with E-state index in [1.165, 1.54) is 19.3 Å². The van der Waals surface area contributed by atoms with E-state index in [2.05, 4.69) is 10.2 Å². The summed E-state index contributed by atoms with van der Waals surface area (Å²) in [6.07, 6.45) is 3.73. The van der Waals surface area contributed by atoms with Gasteiger partial charge in [0.1, 0.15) is 0 Å². The van der Waals surface area contributed by atoms with Crippen molar-refractivity contribution in [3.63, 3.8) is 0 Å². The molecule has 2 bridgehead atoms. The molecule has 0 aromatic heterocycles. The zero-order valence-electron chi connectivity index (χ0n) is 11.7. The number of hydrogen-bond donors (Lipinski definition) is 2. The highest BCUT2D eigenvalue weighted by molar-refractivity contribution is 6.30. The average Bonchev–Trinajstić information content (AvgIpc) is 2.76. The van der Waals surface area contributed by atoms with E-state index in [0.29, 0.717) is 29.4 Å². The van der Waals surface area contributed by atoms with Crippen LogP contribution in [-0.2, 0) is 6.54 Å². The molecule has 0 spiro atoms. The van der Waals surface area contributed by atoms with E-state index in [-0.39, 0.29) is 5.75 Å². The molecule has 1 aromatic rings. The molecule has 110 valence electrons. The van der Waals surface area contributed by atoms with E-state index in [0.717, 1.165) is 18.7 Å². The fourth-order valence-corrected chi connectivity index (χ4v) is 3.54. The van der Waals surface area contributed by atoms with Gasteiger partial charge in [-0.2, -0.15) is 0 Å². The topological polar surface area (TPSA) is 44.7 Å². The molecule has 1 aromatic carbocycles. The molecule has 2 aliphatic rings. The quantitative estimate of drug-likeness (QED) is 0.899. The summed E-state index contributed by atoms with van der Waals surface area (Å²) in [4.78, 5) is 2.39. The van der Waals surface area contributed by atoms with Gasteiger partial charge in [-0.1, -0.05) is 11.6 Å². The van der Waals surface area contributed by atoms with Crippen molar-refractivity contribution in [2.75, 3.05) is 20.2 Å². The summed E-state index contributed by atoms with van der Waals surface area (Å²) in [5.74, 6) is 0.654. The molecule has 4 nitrogen and oxygen atoms in total. The summed E-state index contributed by atoms with van der Waals surface area (Å²) in [7, 11) is 1.55. The summed E-state index contributed by atoms with van der Waals surface area (Å²) in [6, 6.07) is 4.74. The van der Waals surface area contributed by atoms with Gasteiger partial charge in [0.05, 0.1) is 7.11 Å². The molecule has 2 saturated heterocycles. The second-order valence-corrected chi connectivity index (χ2v) is 6.21. The maximum Gasteiger partial charge on any atom is 0.162 e. The van der Waals surface area contributed by atoms with E-state index in [1.54, 1.807) is 13.2 Å². The van der Waals surface area contributed by atoms with E-state index in [1.807, 2.05) is 6.07 Å². The smallest absolute Gasteiger partial charge is 0.162 e. The lowest BCUT2D eigenvalue weighted by atomic mass is 10.1. The van der Waals surface area contributed by atoms with Crippen molar-refractivity contribution in [1.29, 1.82) is 0 Å². The minimum Gasteiger partial charge on any atom is -0.504 e. The van der Waals surface area contributed by atoms with Gasteiger partial charge >= 0.3 is 0 Å². The molecule has 2 N–H and O–H groups in total. The first-order chi connectivity index (χ1) is 9.65. The number of benzene rings is 1. The maximum absolute atomic E-state index is 10.2. The van der Waals surface area contributed by atoms with Gasteiger partial charge in [-0.3, -0.25) is 4.90 Å². The third-order valence-corrected chi connectivity index (χ3v) is 4.56. The highest BCUT2D eigenvalue weighted by Crippen LogP contribution is 2.34. The molecule has 2 fully saturated rings. The number of likely N-dealkylation sites (tertiary alicyclic amines) is 1. The van der Waals surface area contributed by atoms with E-state index in [9.17, 15) is 5.11 Å². The lowest BCUT2D eigenvalue weighted by Crippen LogP contribution is -2.34. The summed E-state index contributed by atoms with van der Waals surface area (Å²) in [5.41, 5.74) is 0.840. The van der Waals surface area contributed by atoms with Crippen molar-refractivity contribution in [1.82, 2.24) is 10.2 Å². The summed E-state index contributed by atoms with van der Waals surface area (Å²) in [6.45, 7) is 2.81. The Bertz CT molecular complexity index is 495. The van der Waals surface area contributed by atoms with Crippen molar-refractivity contribution >= 4 is 11.6 Å². The van der Waals surface area contributed by atoms with Crippen LogP contribution in [0.3, 0.4) is 0 Å². The summed E-state index contributed by atoms with van der Waals surface area (Å²) < 4.78 is 5.16. The van der Waals surface area contributed by atoms with Gasteiger partial charge in [-0.15, -0.1) is 0 Å². The number of methoxy groups -OCH3 is 1. The van der Waals surface area contributed by atoms with E-state index in [4.69, 9.17) is 16.3 Å². The second-order valence-electron chi connectivity index (χ2n) is 5.78. The fourth-order valence-electron chi connectivity index (χ4n) is 3.30. The molecule has 2 atom stereocenters. The van der Waals surface area contributed by atoms with Crippen molar-refractivity contribution < 1.29 is 9.84 Å². The Balaban J connectivity index is 1.75. The van der Waals surface area contributed by atoms with Gasteiger partial charge in [0.25, 0.3) is 0 Å². The third-order valence-electron chi connectivity index (χ3n) is 4.34. The lowest BCUT2D eigenvalue weighted by Gasteiger charge is -2.24. The van der Waals surface area contributed by atoms with Gasteiger partial charge in [-0.05, 0) is 25.3 Å². The van der Waals surface area contributed by atoms with Crippen molar-refractivity contribution in [3.05, 3.63) is 22.7 Å². The van der Waals surface area contributed by atoms with Crippen LogP contribution < -0.4 is 10.1 Å². The van der Waals surface area contributed by atoms with E-state index >= 15 is 0 Å². The first kappa shape index (κ1) is 14.0. The highest BCUT2D eigenvalue weighted by Gasteiger charge is 2.29. The number of halogens is 1. The Morgan fingerprint density at radius 1 is 1.35 bits per heavy atom. The SMILES string of the molecule is COc1cc(Cl)cc(CN2CCC3CCC(C2)N3)c1O. The first-order valence-corrected chi connectivity index (χ1v) is 7.57. The van der Waals surface area contributed by atoms with Gasteiger partial charge in [0.2, 0.25) is 0 Å². The van der Waals surface area contributed by atoms with Crippen molar-refractivity contribution in [2.45, 2.75) is 37.9 Å². The number of phenols is 1. The van der Waals surface area contributed by atoms with E-state index < -0.39 is 0 Å². The largest absolute Gasteiger partial charge is 0.504 e. The molecule has 0 aliphatic carbocycles. The number of aromatic hydroxyl groups is 1. The maximum atomic E-state index is 10.2. The Morgan fingerprint density at radius 2 is 2.15 bits per heavy atom. The number of nitrogens with one attached hydrogen (secondary N) is 1. The van der Waals surface area contributed by atoms with Crippen LogP contribution in [-0.4, -0.2) is 42.3 Å². The Hall–Kier alpha value is -0.970. The highest BCUT2D eigenvalue weighted by atomic mass is 35.5. The molecule has 2 aliphatic heterocycles. The summed E-state index contributed by atoms with van der Waals surface area (Å²) in [5, 5.41) is 14.5. The standard InChI is InChI=1S/C15H21ClN2O2/c1-20-14-7-11(16)6-10(15(14)19)8-18-5-4-12-2-3-13(9-18)17-12/h6-7,12-13,17,19H,2-5,8-9H2,1H3. The predicted molar refractivity (Wildman–Crippen MR) is 79.5 cm³/mol. The number of fused-ring (bicyclic) bond motifs is 2. The van der Waals surface area contributed by atoms with Gasteiger partial charge in [-0.25, -0.2) is 0 Å². The molecule has 0 amide bonds. The number of rotatable bonds is 3. The van der Waals surface area contributed by atoms with Crippen LogP contribution in [0.4, 0.5) is 0 Å². The first-order valence-electron chi connectivity index (χ1n) is 7.19. The van der Waals surface area contributed by atoms with Crippen LogP contribution in [0.25, 0.3) is 0 Å². The second kappa shape index (κ2) is 5.80. The normalized spacial score (nSPS) is 26.5. The molecule has 3 rings (SSSR count). The molecule has 20 heavy (non-hydrogen) atoms. The molecule has 2 heterocycles. The molecule has 2 unspecified atom stereocenters. The summed E-state index contributed by atoms with van der Waals surface area (Å²) >= 11 is 6.09. The fraction of sp³-hybridized carbons (Fsp3) is 0.600. The van der Waals surface area contributed by atoms with Crippen LogP contribution in [0.1, 0.15) is 24.8 Å². The predicted octanol–water partition coefficient (Wildman–Crippen LogP) is 2.38. The molecule has 0 radical (unpaired) electrons. The zero-order chi connectivity index (χ0) is 14.1. The van der Waals surface area contributed by atoms with Crippen LogP contribution in [0.2, 0.25) is 5.02 Å². The van der Waals surface area contributed by atoms with Gasteiger partial charge in [0.15, 0.2) is 11.5 Å². The number of phenolic OH excluding ortho intramolecular Hbond substituents is 1. The minimum atomic E-state index is 0.208. The molecule has 5 heteroatoms. The van der Waals surface area contributed by atoms with Crippen LogP contribution in [0, 0.1) is 0 Å². The van der Waals surface area contributed by atoms with Crippen LogP contribution in [0.15, 0.2) is 12.1 Å². The monoisotopic (exact) mass is 296 g/mol. The Labute approximate surface area is 124 Å². The molecule has 0 saturated carbocycles. The number of nitrogens with zero attached hydrogens (tertiary/aromatic N) is 1. The third kappa shape index (κ3) is 2.87. The number of hydrogen-bond acceptors (Lipinski definition) is 4.